The van der Waals surface area contributed by atoms with Crippen LogP contribution in [0.1, 0.15) is 36.0 Å². The van der Waals surface area contributed by atoms with Gasteiger partial charge in [-0.3, -0.25) is 9.89 Å². The predicted octanol–water partition coefficient (Wildman–Crippen LogP) is 2.16. The molecule has 1 unspecified atom stereocenters. The molecule has 2 aromatic heterocycles. The third-order valence-corrected chi connectivity index (χ3v) is 4.35. The lowest BCUT2D eigenvalue weighted by atomic mass is 10.0. The van der Waals surface area contributed by atoms with E-state index in [2.05, 4.69) is 15.2 Å². The number of carbonyl (C=O) groups excluding carboxylic acids is 1. The minimum atomic E-state index is 0.0590. The van der Waals surface area contributed by atoms with Crippen molar-refractivity contribution >= 4 is 17.2 Å². The van der Waals surface area contributed by atoms with E-state index in [9.17, 15) is 4.79 Å². The van der Waals surface area contributed by atoms with Crippen LogP contribution >= 0.6 is 11.3 Å². The second-order valence-electron chi connectivity index (χ2n) is 4.73. The van der Waals surface area contributed by atoms with Crippen molar-refractivity contribution in [3.8, 4) is 0 Å². The van der Waals surface area contributed by atoms with E-state index < -0.39 is 0 Å². The maximum absolute atomic E-state index is 12.4. The van der Waals surface area contributed by atoms with Crippen molar-refractivity contribution in [2.75, 3.05) is 6.54 Å². The molecule has 100 valence electrons. The van der Waals surface area contributed by atoms with Gasteiger partial charge in [0.2, 0.25) is 5.91 Å². The van der Waals surface area contributed by atoms with Gasteiger partial charge in [0, 0.05) is 11.4 Å². The van der Waals surface area contributed by atoms with Crippen LogP contribution in [0.4, 0.5) is 0 Å². The van der Waals surface area contributed by atoms with Gasteiger partial charge >= 0.3 is 0 Å². The van der Waals surface area contributed by atoms with Gasteiger partial charge in [-0.1, -0.05) is 6.07 Å². The van der Waals surface area contributed by atoms with Gasteiger partial charge in [0.1, 0.15) is 12.2 Å². The first-order valence-corrected chi connectivity index (χ1v) is 7.39. The number of aromatic nitrogens is 3. The molecule has 3 heterocycles. The minimum Gasteiger partial charge on any atom is -0.332 e. The van der Waals surface area contributed by atoms with Gasteiger partial charge in [0.25, 0.3) is 0 Å². The van der Waals surface area contributed by atoms with Crippen LogP contribution in [0, 0.1) is 0 Å². The Morgan fingerprint density at radius 1 is 1.53 bits per heavy atom. The third kappa shape index (κ3) is 2.68. The van der Waals surface area contributed by atoms with Crippen LogP contribution < -0.4 is 0 Å². The molecule has 1 N–H and O–H groups in total. The first-order valence-electron chi connectivity index (χ1n) is 6.51. The Kier molecular flexibility index (Phi) is 3.59. The Morgan fingerprint density at radius 2 is 2.47 bits per heavy atom. The first-order chi connectivity index (χ1) is 9.34. The van der Waals surface area contributed by atoms with Crippen LogP contribution in [0.15, 0.2) is 23.8 Å². The van der Waals surface area contributed by atoms with Crippen molar-refractivity contribution in [1.82, 2.24) is 20.1 Å². The molecule has 1 aliphatic rings. The van der Waals surface area contributed by atoms with E-state index in [0.29, 0.717) is 6.42 Å². The molecule has 1 amide bonds. The zero-order valence-electron chi connectivity index (χ0n) is 10.6. The van der Waals surface area contributed by atoms with Gasteiger partial charge in [-0.25, -0.2) is 4.98 Å². The number of carbonyl (C=O) groups is 1. The summed E-state index contributed by atoms with van der Waals surface area (Å²) in [7, 11) is 0. The van der Waals surface area contributed by atoms with Crippen LogP contribution in [0.3, 0.4) is 0 Å². The molecule has 0 radical (unpaired) electrons. The van der Waals surface area contributed by atoms with Crippen LogP contribution in [0.2, 0.25) is 0 Å². The fraction of sp³-hybridized carbons (Fsp3) is 0.462. The second kappa shape index (κ2) is 5.52. The van der Waals surface area contributed by atoms with Crippen LogP contribution in [0.5, 0.6) is 0 Å². The van der Waals surface area contributed by atoms with Crippen molar-refractivity contribution in [3.05, 3.63) is 34.5 Å². The lowest BCUT2D eigenvalue weighted by molar-refractivity contribution is -0.134. The van der Waals surface area contributed by atoms with Crippen LogP contribution in [-0.2, 0) is 11.2 Å². The molecule has 0 bridgehead atoms. The van der Waals surface area contributed by atoms with E-state index in [1.165, 1.54) is 6.33 Å². The second-order valence-corrected chi connectivity index (χ2v) is 5.76. The average molecular weight is 276 g/mol. The highest BCUT2D eigenvalue weighted by molar-refractivity contribution is 7.10. The molecule has 3 rings (SSSR count). The summed E-state index contributed by atoms with van der Waals surface area (Å²) in [6.45, 7) is 0.815. The number of rotatable bonds is 3. The normalized spacial score (nSPS) is 19.6. The smallest absolute Gasteiger partial charge is 0.228 e. The Bertz CT molecular complexity index is 523. The van der Waals surface area contributed by atoms with Gasteiger partial charge in [0.15, 0.2) is 0 Å². The Morgan fingerprint density at radius 3 is 3.21 bits per heavy atom. The molecule has 0 spiro atoms. The molecular weight excluding hydrogens is 260 g/mol. The summed E-state index contributed by atoms with van der Waals surface area (Å²) in [6.07, 6.45) is 5.16. The Labute approximate surface area is 115 Å². The summed E-state index contributed by atoms with van der Waals surface area (Å²) in [5, 5.41) is 8.80. The summed E-state index contributed by atoms with van der Waals surface area (Å²) >= 11 is 1.63. The molecule has 0 aliphatic carbocycles. The quantitative estimate of drug-likeness (QED) is 0.934. The number of likely N-dealkylation sites (tertiary alicyclic amines) is 1. The third-order valence-electron chi connectivity index (χ3n) is 3.48. The van der Waals surface area contributed by atoms with Crippen LogP contribution in [-0.4, -0.2) is 32.5 Å². The minimum absolute atomic E-state index is 0.0590. The number of thiophene rings is 1. The molecule has 6 heteroatoms. The number of hydrogen-bond donors (Lipinski definition) is 1. The number of nitrogens with zero attached hydrogens (tertiary/aromatic N) is 3. The fourth-order valence-electron chi connectivity index (χ4n) is 2.55. The topological polar surface area (TPSA) is 61.9 Å². The molecule has 0 saturated carbocycles. The summed E-state index contributed by atoms with van der Waals surface area (Å²) in [4.78, 5) is 19.7. The highest BCUT2D eigenvalue weighted by Gasteiger charge is 2.29. The van der Waals surface area contributed by atoms with Crippen molar-refractivity contribution in [2.45, 2.75) is 31.7 Å². The summed E-state index contributed by atoms with van der Waals surface area (Å²) < 4.78 is 0. The number of aromatic amines is 1. The molecular formula is C13H16N4OS. The fourth-order valence-corrected chi connectivity index (χ4v) is 3.25. The van der Waals surface area contributed by atoms with Crippen molar-refractivity contribution in [2.24, 2.45) is 0 Å². The van der Waals surface area contributed by atoms with E-state index in [-0.39, 0.29) is 11.9 Å². The van der Waals surface area contributed by atoms with Gasteiger partial charge in [-0.05, 0) is 30.7 Å². The highest BCUT2D eigenvalue weighted by Crippen LogP contribution is 2.29. The van der Waals surface area contributed by atoms with Crippen molar-refractivity contribution in [3.63, 3.8) is 0 Å². The SMILES string of the molecule is O=C(Cc1cccs1)N1CCCCC1c1ncn[nH]1. The number of amides is 1. The molecule has 5 nitrogen and oxygen atoms in total. The number of hydrogen-bond acceptors (Lipinski definition) is 4. The van der Waals surface area contributed by atoms with Gasteiger partial charge < -0.3 is 4.90 Å². The van der Waals surface area contributed by atoms with Crippen molar-refractivity contribution < 1.29 is 4.79 Å². The lowest BCUT2D eigenvalue weighted by Crippen LogP contribution is -2.39. The van der Waals surface area contributed by atoms with Crippen LogP contribution in [0.25, 0.3) is 0 Å². The molecule has 19 heavy (non-hydrogen) atoms. The van der Waals surface area contributed by atoms with Crippen molar-refractivity contribution in [1.29, 1.82) is 0 Å². The van der Waals surface area contributed by atoms with Gasteiger partial charge in [-0.15, -0.1) is 11.3 Å². The zero-order chi connectivity index (χ0) is 13.1. The standard InChI is InChI=1S/C13H16N4OS/c18-12(8-10-4-3-7-19-10)17-6-2-1-5-11(17)13-14-9-15-16-13/h3-4,7,9,11H,1-2,5-6,8H2,(H,14,15,16). The maximum Gasteiger partial charge on any atom is 0.228 e. The maximum atomic E-state index is 12.4. The summed E-state index contributed by atoms with van der Waals surface area (Å²) in [5.41, 5.74) is 0. The molecule has 1 fully saturated rings. The Balaban J connectivity index is 1.75. The largest absolute Gasteiger partial charge is 0.332 e. The van der Waals surface area contributed by atoms with E-state index in [0.717, 1.165) is 36.5 Å². The van der Waals surface area contributed by atoms with E-state index in [4.69, 9.17) is 0 Å². The number of nitrogens with one attached hydrogen (secondary N) is 1. The predicted molar refractivity (Wildman–Crippen MR) is 72.7 cm³/mol. The molecule has 1 saturated heterocycles. The van der Waals surface area contributed by atoms with Gasteiger partial charge in [0.05, 0.1) is 12.5 Å². The molecule has 1 atom stereocenters. The van der Waals surface area contributed by atoms with E-state index >= 15 is 0 Å². The monoisotopic (exact) mass is 276 g/mol. The molecule has 2 aromatic rings. The summed E-state index contributed by atoms with van der Waals surface area (Å²) in [5.74, 6) is 0.989. The first kappa shape index (κ1) is 12.3. The molecule has 1 aliphatic heterocycles. The molecule has 0 aromatic carbocycles. The van der Waals surface area contributed by atoms with E-state index in [1.807, 2.05) is 22.4 Å². The van der Waals surface area contributed by atoms with E-state index in [1.54, 1.807) is 11.3 Å². The Hall–Kier alpha value is -1.69. The average Bonchev–Trinajstić information content (AvgIpc) is 3.11. The zero-order valence-corrected chi connectivity index (χ0v) is 11.4. The number of H-pyrrole nitrogens is 1. The number of piperidine rings is 1. The summed E-state index contributed by atoms with van der Waals surface area (Å²) in [6, 6.07) is 4.05. The highest BCUT2D eigenvalue weighted by atomic mass is 32.1. The van der Waals surface area contributed by atoms with Gasteiger partial charge in [-0.2, -0.15) is 5.10 Å². The lowest BCUT2D eigenvalue weighted by Gasteiger charge is -2.34.